The first kappa shape index (κ1) is 16.9. The van der Waals surface area contributed by atoms with Crippen LogP contribution in [0.25, 0.3) is 0 Å². The maximum absolute atomic E-state index is 12.3. The first-order chi connectivity index (χ1) is 10.5. The molecule has 0 aromatic heterocycles. The molecule has 0 aliphatic heterocycles. The number of hydrogen-bond donors (Lipinski definition) is 1. The van der Waals surface area contributed by atoms with Gasteiger partial charge in [0.15, 0.2) is 0 Å². The lowest BCUT2D eigenvalue weighted by Gasteiger charge is -2.13. The maximum atomic E-state index is 12.3. The van der Waals surface area contributed by atoms with Crippen LogP contribution in [0.15, 0.2) is 34.8 Å². The molecular formula is C15H12BrCl2NO3. The maximum Gasteiger partial charge on any atom is 0.255 e. The van der Waals surface area contributed by atoms with Crippen LogP contribution in [-0.2, 0) is 0 Å². The van der Waals surface area contributed by atoms with Gasteiger partial charge in [-0.05, 0) is 34.1 Å². The smallest absolute Gasteiger partial charge is 0.255 e. The van der Waals surface area contributed by atoms with E-state index in [0.29, 0.717) is 32.8 Å². The van der Waals surface area contributed by atoms with Gasteiger partial charge in [0.05, 0.1) is 34.4 Å². The number of carbonyl (C=O) groups excluding carboxylic acids is 1. The highest BCUT2D eigenvalue weighted by Gasteiger charge is 2.14. The lowest BCUT2D eigenvalue weighted by molar-refractivity contribution is 0.102. The zero-order valence-corrected chi connectivity index (χ0v) is 14.8. The third-order valence-electron chi connectivity index (χ3n) is 2.90. The highest BCUT2D eigenvalue weighted by molar-refractivity contribution is 9.10. The largest absolute Gasteiger partial charge is 0.495 e. The van der Waals surface area contributed by atoms with Crippen molar-refractivity contribution in [3.8, 4) is 11.5 Å². The van der Waals surface area contributed by atoms with Gasteiger partial charge in [-0.1, -0.05) is 23.2 Å². The van der Waals surface area contributed by atoms with E-state index in [1.807, 2.05) is 0 Å². The average molecular weight is 405 g/mol. The van der Waals surface area contributed by atoms with Crippen LogP contribution in [0.3, 0.4) is 0 Å². The topological polar surface area (TPSA) is 47.6 Å². The first-order valence-corrected chi connectivity index (χ1v) is 7.69. The molecule has 0 saturated carbocycles. The van der Waals surface area contributed by atoms with Crippen molar-refractivity contribution < 1.29 is 14.3 Å². The quantitative estimate of drug-likeness (QED) is 0.777. The minimum atomic E-state index is -0.332. The van der Waals surface area contributed by atoms with Crippen molar-refractivity contribution in [2.75, 3.05) is 19.5 Å². The molecule has 0 aliphatic carbocycles. The molecule has 22 heavy (non-hydrogen) atoms. The number of rotatable bonds is 4. The Morgan fingerprint density at radius 1 is 1.05 bits per heavy atom. The molecule has 1 amide bonds. The number of benzene rings is 2. The van der Waals surface area contributed by atoms with Gasteiger partial charge < -0.3 is 14.8 Å². The number of nitrogens with one attached hydrogen (secondary N) is 1. The third kappa shape index (κ3) is 3.66. The van der Waals surface area contributed by atoms with E-state index in [2.05, 4.69) is 21.2 Å². The van der Waals surface area contributed by atoms with Gasteiger partial charge in [-0.25, -0.2) is 0 Å². The summed E-state index contributed by atoms with van der Waals surface area (Å²) in [5.74, 6) is 0.743. The van der Waals surface area contributed by atoms with Crippen molar-refractivity contribution in [3.05, 3.63) is 50.4 Å². The highest BCUT2D eigenvalue weighted by atomic mass is 79.9. The number of hydrogen-bond acceptors (Lipinski definition) is 3. The molecule has 0 aliphatic rings. The zero-order valence-electron chi connectivity index (χ0n) is 11.7. The van der Waals surface area contributed by atoms with Gasteiger partial charge in [-0.15, -0.1) is 0 Å². The third-order valence-corrected chi connectivity index (χ3v) is 4.26. The summed E-state index contributed by atoms with van der Waals surface area (Å²) >= 11 is 15.1. The number of carbonyl (C=O) groups is 1. The van der Waals surface area contributed by atoms with Crippen molar-refractivity contribution >= 4 is 50.7 Å². The molecule has 0 saturated heterocycles. The second kappa shape index (κ2) is 7.22. The lowest BCUT2D eigenvalue weighted by Crippen LogP contribution is -2.12. The van der Waals surface area contributed by atoms with Crippen molar-refractivity contribution in [3.63, 3.8) is 0 Å². The van der Waals surface area contributed by atoms with Gasteiger partial charge in [0, 0.05) is 17.7 Å². The Hall–Kier alpha value is -1.43. The van der Waals surface area contributed by atoms with Crippen LogP contribution in [-0.4, -0.2) is 20.1 Å². The van der Waals surface area contributed by atoms with E-state index in [4.69, 9.17) is 32.7 Å². The summed E-state index contributed by atoms with van der Waals surface area (Å²) < 4.78 is 11.2. The van der Waals surface area contributed by atoms with E-state index in [9.17, 15) is 4.79 Å². The van der Waals surface area contributed by atoms with Crippen LogP contribution in [0.5, 0.6) is 11.5 Å². The summed E-state index contributed by atoms with van der Waals surface area (Å²) in [7, 11) is 3.06. The Morgan fingerprint density at radius 2 is 1.73 bits per heavy atom. The molecule has 0 radical (unpaired) electrons. The molecule has 0 heterocycles. The standard InChI is InChI=1S/C15H12BrCl2NO3/c1-21-13-7-12(14(22-2)6-9(13)16)19-15(20)8-3-4-10(17)11(18)5-8/h3-7H,1-2H3,(H,19,20). The van der Waals surface area contributed by atoms with Crippen molar-refractivity contribution in [2.24, 2.45) is 0 Å². The van der Waals surface area contributed by atoms with E-state index >= 15 is 0 Å². The molecular weight excluding hydrogens is 393 g/mol. The van der Waals surface area contributed by atoms with Gasteiger partial charge in [-0.2, -0.15) is 0 Å². The van der Waals surface area contributed by atoms with Crippen LogP contribution in [0.1, 0.15) is 10.4 Å². The van der Waals surface area contributed by atoms with Gasteiger partial charge >= 0.3 is 0 Å². The molecule has 0 atom stereocenters. The predicted molar refractivity (Wildman–Crippen MR) is 91.7 cm³/mol. The SMILES string of the molecule is COc1cc(NC(=O)c2ccc(Cl)c(Cl)c2)c(OC)cc1Br. The van der Waals surface area contributed by atoms with E-state index in [-0.39, 0.29) is 5.91 Å². The molecule has 4 nitrogen and oxygen atoms in total. The molecule has 2 aromatic carbocycles. The van der Waals surface area contributed by atoms with Crippen molar-refractivity contribution in [1.82, 2.24) is 0 Å². The minimum absolute atomic E-state index is 0.315. The molecule has 0 bridgehead atoms. The Bertz CT molecular complexity index is 722. The molecule has 0 spiro atoms. The Balaban J connectivity index is 2.32. The molecule has 116 valence electrons. The second-order valence-electron chi connectivity index (χ2n) is 4.27. The Morgan fingerprint density at radius 3 is 2.32 bits per heavy atom. The highest BCUT2D eigenvalue weighted by Crippen LogP contribution is 2.36. The van der Waals surface area contributed by atoms with Gasteiger partial charge in [-0.3, -0.25) is 4.79 Å². The van der Waals surface area contributed by atoms with Crippen LogP contribution >= 0.6 is 39.1 Å². The summed E-state index contributed by atoms with van der Waals surface area (Å²) in [6, 6.07) is 8.04. The first-order valence-electron chi connectivity index (χ1n) is 6.14. The number of anilines is 1. The number of ether oxygens (including phenoxy) is 2. The summed E-state index contributed by atoms with van der Waals surface area (Å²) in [6.45, 7) is 0. The monoisotopic (exact) mass is 403 g/mol. The van der Waals surface area contributed by atoms with Crippen LogP contribution < -0.4 is 14.8 Å². The molecule has 2 aromatic rings. The van der Waals surface area contributed by atoms with Gasteiger partial charge in [0.2, 0.25) is 0 Å². The van der Waals surface area contributed by atoms with Crippen molar-refractivity contribution in [1.29, 1.82) is 0 Å². The van der Waals surface area contributed by atoms with Gasteiger partial charge in [0.25, 0.3) is 5.91 Å². The lowest BCUT2D eigenvalue weighted by atomic mass is 10.2. The number of halogens is 3. The fourth-order valence-corrected chi connectivity index (χ4v) is 2.57. The number of methoxy groups -OCH3 is 2. The Kier molecular flexibility index (Phi) is 5.56. The Labute approximate surface area is 146 Å². The van der Waals surface area contributed by atoms with E-state index in [1.165, 1.54) is 20.3 Å². The van der Waals surface area contributed by atoms with Crippen molar-refractivity contribution in [2.45, 2.75) is 0 Å². The van der Waals surface area contributed by atoms with Gasteiger partial charge in [0.1, 0.15) is 11.5 Å². The van der Waals surface area contributed by atoms with E-state index in [0.717, 1.165) is 4.47 Å². The molecule has 0 fully saturated rings. The second-order valence-corrected chi connectivity index (χ2v) is 5.94. The normalized spacial score (nSPS) is 10.2. The van der Waals surface area contributed by atoms with Crippen LogP contribution in [0.4, 0.5) is 5.69 Å². The molecule has 0 unspecified atom stereocenters. The molecule has 7 heteroatoms. The summed E-state index contributed by atoms with van der Waals surface area (Å²) in [4.78, 5) is 12.3. The minimum Gasteiger partial charge on any atom is -0.495 e. The zero-order chi connectivity index (χ0) is 16.3. The van der Waals surface area contributed by atoms with Crippen LogP contribution in [0.2, 0.25) is 10.0 Å². The molecule has 2 rings (SSSR count). The number of amides is 1. The van der Waals surface area contributed by atoms with Crippen LogP contribution in [0, 0.1) is 0 Å². The van der Waals surface area contributed by atoms with E-state index < -0.39 is 0 Å². The summed E-state index contributed by atoms with van der Waals surface area (Å²) in [5.41, 5.74) is 0.872. The molecule has 1 N–H and O–H groups in total. The average Bonchev–Trinajstić information content (AvgIpc) is 2.51. The van der Waals surface area contributed by atoms with E-state index in [1.54, 1.807) is 24.3 Å². The fourth-order valence-electron chi connectivity index (χ4n) is 1.79. The summed E-state index contributed by atoms with van der Waals surface area (Å²) in [6.07, 6.45) is 0. The fraction of sp³-hybridized carbons (Fsp3) is 0.133. The summed E-state index contributed by atoms with van der Waals surface area (Å²) in [5, 5.41) is 3.46. The predicted octanol–water partition coefficient (Wildman–Crippen LogP) is 5.03.